The fourth-order valence-electron chi connectivity index (χ4n) is 3.26. The van der Waals surface area contributed by atoms with E-state index in [0.29, 0.717) is 12.3 Å². The average Bonchev–Trinajstić information content (AvgIpc) is 3.28. The second-order valence-electron chi connectivity index (χ2n) is 7.14. The predicted octanol–water partition coefficient (Wildman–Crippen LogP) is 5.90. The zero-order valence-corrected chi connectivity index (χ0v) is 17.5. The Kier molecular flexibility index (Phi) is 6.01. The van der Waals surface area contributed by atoms with Crippen LogP contribution in [0.3, 0.4) is 0 Å². The van der Waals surface area contributed by atoms with Gasteiger partial charge in [0.25, 0.3) is 0 Å². The van der Waals surface area contributed by atoms with Crippen molar-refractivity contribution in [2.45, 2.75) is 33.5 Å². The molecule has 0 N–H and O–H groups in total. The highest BCUT2D eigenvalue weighted by atomic mass is 32.1. The van der Waals surface area contributed by atoms with E-state index < -0.39 is 11.6 Å². The first-order chi connectivity index (χ1) is 14.5. The van der Waals surface area contributed by atoms with Crippen molar-refractivity contribution in [3.05, 3.63) is 93.3 Å². The zero-order valence-electron chi connectivity index (χ0n) is 16.7. The van der Waals surface area contributed by atoms with Crippen LogP contribution in [0.1, 0.15) is 27.6 Å². The minimum Gasteiger partial charge on any atom is -0.441 e. The summed E-state index contributed by atoms with van der Waals surface area (Å²) in [6.07, 6.45) is 0. The van der Waals surface area contributed by atoms with Gasteiger partial charge in [-0.3, -0.25) is 4.90 Å². The van der Waals surface area contributed by atoms with Crippen molar-refractivity contribution in [1.82, 2.24) is 14.9 Å². The van der Waals surface area contributed by atoms with Crippen LogP contribution in [0.15, 0.2) is 58.5 Å². The molecule has 0 amide bonds. The lowest BCUT2D eigenvalue weighted by Gasteiger charge is -2.21. The molecule has 4 rings (SSSR count). The summed E-state index contributed by atoms with van der Waals surface area (Å²) in [7, 11) is 0. The fourth-order valence-corrected chi connectivity index (χ4v) is 4.07. The van der Waals surface area contributed by atoms with Crippen LogP contribution in [0.2, 0.25) is 0 Å². The van der Waals surface area contributed by atoms with Crippen LogP contribution in [-0.2, 0) is 19.6 Å². The first-order valence-corrected chi connectivity index (χ1v) is 10.4. The molecule has 0 saturated carbocycles. The van der Waals surface area contributed by atoms with Crippen LogP contribution in [0.25, 0.3) is 11.5 Å². The van der Waals surface area contributed by atoms with Gasteiger partial charge in [0.05, 0.1) is 22.5 Å². The monoisotopic (exact) mass is 425 g/mol. The molecule has 7 heteroatoms. The number of aryl methyl sites for hydroxylation is 2. The highest BCUT2D eigenvalue weighted by Gasteiger charge is 2.19. The molecule has 4 nitrogen and oxygen atoms in total. The summed E-state index contributed by atoms with van der Waals surface area (Å²) < 4.78 is 33.1. The lowest BCUT2D eigenvalue weighted by molar-refractivity contribution is 0.245. The van der Waals surface area contributed by atoms with Crippen molar-refractivity contribution in [3.63, 3.8) is 0 Å². The van der Waals surface area contributed by atoms with Crippen LogP contribution >= 0.6 is 11.3 Å². The Morgan fingerprint density at radius 1 is 1.00 bits per heavy atom. The van der Waals surface area contributed by atoms with Crippen molar-refractivity contribution in [2.24, 2.45) is 0 Å². The van der Waals surface area contributed by atoms with Crippen LogP contribution < -0.4 is 0 Å². The van der Waals surface area contributed by atoms with Gasteiger partial charge in [-0.05, 0) is 31.5 Å². The Morgan fingerprint density at radius 2 is 1.80 bits per heavy atom. The molecule has 0 atom stereocenters. The topological polar surface area (TPSA) is 42.2 Å². The number of nitrogens with zero attached hydrogens (tertiary/aromatic N) is 3. The summed E-state index contributed by atoms with van der Waals surface area (Å²) in [5.74, 6) is -0.542. The Bertz CT molecular complexity index is 1140. The maximum absolute atomic E-state index is 14.2. The third-order valence-electron chi connectivity index (χ3n) is 4.89. The Balaban J connectivity index is 1.60. The summed E-state index contributed by atoms with van der Waals surface area (Å²) in [4.78, 5) is 12.3. The molecule has 0 fully saturated rings. The van der Waals surface area contributed by atoms with Crippen molar-refractivity contribution < 1.29 is 13.2 Å². The molecule has 0 unspecified atom stereocenters. The molecular formula is C23H21F2N3OS. The van der Waals surface area contributed by atoms with Crippen LogP contribution in [0.4, 0.5) is 8.78 Å². The Morgan fingerprint density at radius 3 is 2.50 bits per heavy atom. The molecule has 0 bridgehead atoms. The first kappa shape index (κ1) is 20.4. The van der Waals surface area contributed by atoms with E-state index in [-0.39, 0.29) is 11.5 Å². The molecule has 0 saturated heterocycles. The average molecular weight is 426 g/mol. The molecule has 2 heterocycles. The first-order valence-electron chi connectivity index (χ1n) is 9.56. The number of benzene rings is 2. The van der Waals surface area contributed by atoms with E-state index in [0.717, 1.165) is 30.5 Å². The van der Waals surface area contributed by atoms with Gasteiger partial charge in [-0.1, -0.05) is 30.3 Å². The molecule has 0 aliphatic heterocycles. The normalized spacial score (nSPS) is 11.4. The van der Waals surface area contributed by atoms with Crippen molar-refractivity contribution in [1.29, 1.82) is 0 Å². The van der Waals surface area contributed by atoms with E-state index in [1.807, 2.05) is 37.6 Å². The summed E-state index contributed by atoms with van der Waals surface area (Å²) in [5.41, 5.74) is 4.93. The van der Waals surface area contributed by atoms with Crippen LogP contribution in [0, 0.1) is 25.5 Å². The van der Waals surface area contributed by atoms with E-state index in [2.05, 4.69) is 27.0 Å². The predicted molar refractivity (Wildman–Crippen MR) is 113 cm³/mol. The molecule has 0 aliphatic carbocycles. The van der Waals surface area contributed by atoms with Crippen molar-refractivity contribution >= 4 is 11.3 Å². The number of hydrogen-bond donors (Lipinski definition) is 0. The van der Waals surface area contributed by atoms with Gasteiger partial charge in [0.2, 0.25) is 5.89 Å². The smallest absolute Gasteiger partial charge is 0.229 e. The van der Waals surface area contributed by atoms with E-state index in [1.54, 1.807) is 11.3 Å². The minimum atomic E-state index is -0.691. The summed E-state index contributed by atoms with van der Waals surface area (Å²) in [6.45, 7) is 5.79. The maximum atomic E-state index is 14.2. The Labute approximate surface area is 177 Å². The van der Waals surface area contributed by atoms with E-state index in [1.165, 1.54) is 22.6 Å². The van der Waals surface area contributed by atoms with Gasteiger partial charge in [0.1, 0.15) is 17.4 Å². The molecule has 4 aromatic rings. The van der Waals surface area contributed by atoms with Gasteiger partial charge in [-0.2, -0.15) is 0 Å². The highest BCUT2D eigenvalue weighted by molar-refractivity contribution is 7.09. The summed E-state index contributed by atoms with van der Waals surface area (Å²) in [5, 5.41) is 0. The van der Waals surface area contributed by atoms with Gasteiger partial charge in [0.15, 0.2) is 0 Å². The molecule has 2 aromatic carbocycles. The van der Waals surface area contributed by atoms with Crippen LogP contribution in [-0.4, -0.2) is 14.9 Å². The van der Waals surface area contributed by atoms with Gasteiger partial charge >= 0.3 is 0 Å². The lowest BCUT2D eigenvalue weighted by atomic mass is 10.2. The minimum absolute atomic E-state index is 0.152. The molecule has 0 radical (unpaired) electrons. The third-order valence-corrected chi connectivity index (χ3v) is 5.81. The largest absolute Gasteiger partial charge is 0.441 e. The number of rotatable bonds is 7. The number of oxazole rings is 1. The SMILES string of the molecule is Cc1ncsc1CN(Cc1ccccc1)Cc1nc(-c2ccc(F)cc2F)oc1C. The summed E-state index contributed by atoms with van der Waals surface area (Å²) >= 11 is 1.63. The molecule has 0 spiro atoms. The lowest BCUT2D eigenvalue weighted by Crippen LogP contribution is -2.23. The molecule has 30 heavy (non-hydrogen) atoms. The van der Waals surface area contributed by atoms with Gasteiger partial charge < -0.3 is 4.42 Å². The quantitative estimate of drug-likeness (QED) is 0.370. The van der Waals surface area contributed by atoms with Gasteiger partial charge in [-0.15, -0.1) is 11.3 Å². The van der Waals surface area contributed by atoms with Crippen LogP contribution in [0.5, 0.6) is 0 Å². The zero-order chi connectivity index (χ0) is 21.1. The molecule has 0 aliphatic rings. The standard InChI is InChI=1S/C23H21F2N3OS/c1-15-22(30-14-26-15)13-28(11-17-6-4-3-5-7-17)12-21-16(2)29-23(27-21)19-9-8-18(24)10-20(19)25/h3-10,14H,11-13H2,1-2H3. The molecule has 2 aromatic heterocycles. The molecular weight excluding hydrogens is 404 g/mol. The summed E-state index contributed by atoms with van der Waals surface area (Å²) in [6, 6.07) is 13.6. The molecule has 154 valence electrons. The number of thiazole rings is 1. The van der Waals surface area contributed by atoms with E-state index >= 15 is 0 Å². The second-order valence-corrected chi connectivity index (χ2v) is 8.08. The van der Waals surface area contributed by atoms with E-state index in [4.69, 9.17) is 4.42 Å². The number of halogens is 2. The maximum Gasteiger partial charge on any atom is 0.229 e. The van der Waals surface area contributed by atoms with Crippen molar-refractivity contribution in [3.8, 4) is 11.5 Å². The number of hydrogen-bond acceptors (Lipinski definition) is 5. The van der Waals surface area contributed by atoms with E-state index in [9.17, 15) is 8.78 Å². The van der Waals surface area contributed by atoms with Gasteiger partial charge in [-0.25, -0.2) is 18.7 Å². The number of aromatic nitrogens is 2. The van der Waals surface area contributed by atoms with Gasteiger partial charge in [0, 0.05) is 30.6 Å². The Hall–Kier alpha value is -2.90. The highest BCUT2D eigenvalue weighted by Crippen LogP contribution is 2.27. The fraction of sp³-hybridized carbons (Fsp3) is 0.217. The third kappa shape index (κ3) is 4.63. The van der Waals surface area contributed by atoms with Crippen molar-refractivity contribution in [2.75, 3.05) is 0 Å². The second kappa shape index (κ2) is 8.85.